The number of halogens is 1. The molecule has 1 aromatic carbocycles. The second-order valence-electron chi connectivity index (χ2n) is 4.57. The Morgan fingerprint density at radius 1 is 1.56 bits per heavy atom. The van der Waals surface area contributed by atoms with E-state index in [-0.39, 0.29) is 5.92 Å². The first-order valence-electron chi connectivity index (χ1n) is 6.03. The molecule has 18 heavy (non-hydrogen) atoms. The average molecular weight is 269 g/mol. The van der Waals surface area contributed by atoms with Crippen molar-refractivity contribution < 1.29 is 9.90 Å². The lowest BCUT2D eigenvalue weighted by Crippen LogP contribution is -2.34. The summed E-state index contributed by atoms with van der Waals surface area (Å²) in [6, 6.07) is 5.75. The highest BCUT2D eigenvalue weighted by atomic mass is 35.5. The quantitative estimate of drug-likeness (QED) is 0.858. The molecule has 0 spiro atoms. The van der Waals surface area contributed by atoms with E-state index in [4.69, 9.17) is 16.7 Å². The molecule has 1 heterocycles. The number of carboxylic acid groups (broad SMARTS) is 1. The summed E-state index contributed by atoms with van der Waals surface area (Å²) in [5.41, 5.74) is 2.03. The first-order valence-corrected chi connectivity index (χ1v) is 6.41. The Morgan fingerprint density at radius 3 is 3.06 bits per heavy atom. The van der Waals surface area contributed by atoms with Crippen LogP contribution in [0.4, 0.5) is 5.69 Å². The van der Waals surface area contributed by atoms with E-state index in [1.807, 2.05) is 25.1 Å². The molecule has 0 bridgehead atoms. The first kappa shape index (κ1) is 13.2. The largest absolute Gasteiger partial charge is 0.481 e. The topological polar surface area (TPSA) is 52.6 Å². The molecule has 0 aliphatic carbocycles. The van der Waals surface area contributed by atoms with Crippen LogP contribution in [-0.4, -0.2) is 37.3 Å². The SMILES string of the molecule is Cc1c(Cl)cccc1N1CCNCC(C(=O)O)C1. The monoisotopic (exact) mass is 268 g/mol. The van der Waals surface area contributed by atoms with E-state index in [0.717, 1.165) is 29.4 Å². The third-order valence-electron chi connectivity index (χ3n) is 3.32. The van der Waals surface area contributed by atoms with Gasteiger partial charge in [-0.25, -0.2) is 0 Å². The van der Waals surface area contributed by atoms with Gasteiger partial charge in [-0.05, 0) is 24.6 Å². The molecule has 0 saturated carbocycles. The Kier molecular flexibility index (Phi) is 4.09. The molecule has 2 rings (SSSR count). The van der Waals surface area contributed by atoms with Crippen LogP contribution in [0.2, 0.25) is 5.02 Å². The van der Waals surface area contributed by atoms with Gasteiger partial charge in [-0.15, -0.1) is 0 Å². The molecule has 1 aromatic rings. The maximum atomic E-state index is 11.1. The van der Waals surface area contributed by atoms with E-state index in [2.05, 4.69) is 10.2 Å². The second kappa shape index (κ2) is 5.59. The van der Waals surface area contributed by atoms with Gasteiger partial charge in [-0.2, -0.15) is 0 Å². The van der Waals surface area contributed by atoms with E-state index in [9.17, 15) is 4.79 Å². The predicted molar refractivity (Wildman–Crippen MR) is 72.4 cm³/mol. The van der Waals surface area contributed by atoms with Gasteiger partial charge in [0.05, 0.1) is 5.92 Å². The van der Waals surface area contributed by atoms with Crippen LogP contribution >= 0.6 is 11.6 Å². The van der Waals surface area contributed by atoms with Crippen LogP contribution in [0.15, 0.2) is 18.2 Å². The smallest absolute Gasteiger partial charge is 0.309 e. The summed E-state index contributed by atoms with van der Waals surface area (Å²) in [4.78, 5) is 13.2. The van der Waals surface area contributed by atoms with E-state index >= 15 is 0 Å². The van der Waals surface area contributed by atoms with Crippen LogP contribution in [0.1, 0.15) is 5.56 Å². The van der Waals surface area contributed by atoms with Crippen molar-refractivity contribution in [2.45, 2.75) is 6.92 Å². The number of carbonyl (C=O) groups is 1. The predicted octanol–water partition coefficient (Wildman–Crippen LogP) is 1.76. The van der Waals surface area contributed by atoms with Crippen molar-refractivity contribution in [3.63, 3.8) is 0 Å². The van der Waals surface area contributed by atoms with Crippen LogP contribution in [-0.2, 0) is 4.79 Å². The van der Waals surface area contributed by atoms with Gasteiger partial charge in [0.1, 0.15) is 0 Å². The zero-order chi connectivity index (χ0) is 13.1. The normalized spacial score (nSPS) is 20.6. The summed E-state index contributed by atoms with van der Waals surface area (Å²) >= 11 is 6.11. The fraction of sp³-hybridized carbons (Fsp3) is 0.462. The van der Waals surface area contributed by atoms with Gasteiger partial charge in [-0.3, -0.25) is 4.79 Å². The molecule has 1 atom stereocenters. The number of hydrogen-bond acceptors (Lipinski definition) is 3. The zero-order valence-corrected chi connectivity index (χ0v) is 11.1. The van der Waals surface area contributed by atoms with Crippen LogP contribution in [0.3, 0.4) is 0 Å². The van der Waals surface area contributed by atoms with Crippen LogP contribution in [0.25, 0.3) is 0 Å². The van der Waals surface area contributed by atoms with E-state index in [0.29, 0.717) is 13.1 Å². The summed E-state index contributed by atoms with van der Waals surface area (Å²) in [5, 5.41) is 13.0. The standard InChI is InChI=1S/C13H17ClN2O2/c1-9-11(14)3-2-4-12(9)16-6-5-15-7-10(8-16)13(17)18/h2-4,10,15H,5-8H2,1H3,(H,17,18). The fourth-order valence-corrected chi connectivity index (χ4v) is 2.40. The number of hydrogen-bond donors (Lipinski definition) is 2. The van der Waals surface area contributed by atoms with Crippen LogP contribution in [0.5, 0.6) is 0 Å². The summed E-state index contributed by atoms with van der Waals surface area (Å²) < 4.78 is 0. The van der Waals surface area contributed by atoms with Gasteiger partial charge < -0.3 is 15.3 Å². The molecule has 2 N–H and O–H groups in total. The van der Waals surface area contributed by atoms with Gasteiger partial charge in [0, 0.05) is 36.9 Å². The van der Waals surface area contributed by atoms with Gasteiger partial charge in [0.2, 0.25) is 0 Å². The van der Waals surface area contributed by atoms with Crippen LogP contribution in [0, 0.1) is 12.8 Å². The number of anilines is 1. The molecular weight excluding hydrogens is 252 g/mol. The third-order valence-corrected chi connectivity index (χ3v) is 3.73. The van der Waals surface area contributed by atoms with Crippen molar-refractivity contribution in [2.24, 2.45) is 5.92 Å². The number of aliphatic carboxylic acids is 1. The molecule has 1 aliphatic rings. The highest BCUT2D eigenvalue weighted by Crippen LogP contribution is 2.27. The van der Waals surface area contributed by atoms with E-state index < -0.39 is 5.97 Å². The van der Waals surface area contributed by atoms with Gasteiger partial charge in [-0.1, -0.05) is 17.7 Å². The zero-order valence-electron chi connectivity index (χ0n) is 10.3. The summed E-state index contributed by atoms with van der Waals surface area (Å²) in [7, 11) is 0. The molecule has 5 heteroatoms. The minimum absolute atomic E-state index is 0.383. The Labute approximate surface area is 112 Å². The Morgan fingerprint density at radius 2 is 2.33 bits per heavy atom. The second-order valence-corrected chi connectivity index (χ2v) is 4.98. The lowest BCUT2D eigenvalue weighted by Gasteiger charge is -2.26. The molecule has 1 unspecified atom stereocenters. The van der Waals surface area contributed by atoms with Gasteiger partial charge >= 0.3 is 5.97 Å². The number of nitrogens with one attached hydrogen (secondary N) is 1. The van der Waals surface area contributed by atoms with Gasteiger partial charge in [0.25, 0.3) is 0 Å². The maximum absolute atomic E-state index is 11.1. The first-order chi connectivity index (χ1) is 8.59. The maximum Gasteiger partial charge on any atom is 0.309 e. The van der Waals surface area contributed by atoms with Crippen LogP contribution < -0.4 is 10.2 Å². The third kappa shape index (κ3) is 2.76. The molecule has 0 radical (unpaired) electrons. The van der Waals surface area contributed by atoms with Crippen molar-refractivity contribution in [3.8, 4) is 0 Å². The van der Waals surface area contributed by atoms with Crippen molar-refractivity contribution in [3.05, 3.63) is 28.8 Å². The van der Waals surface area contributed by atoms with Crippen molar-refractivity contribution in [1.82, 2.24) is 5.32 Å². The van der Waals surface area contributed by atoms with Gasteiger partial charge in [0.15, 0.2) is 0 Å². The summed E-state index contributed by atoms with van der Waals surface area (Å²) in [5.74, 6) is -1.14. The molecule has 1 saturated heterocycles. The van der Waals surface area contributed by atoms with Crippen molar-refractivity contribution in [2.75, 3.05) is 31.1 Å². The molecule has 1 aliphatic heterocycles. The van der Waals surface area contributed by atoms with Crippen molar-refractivity contribution >= 4 is 23.3 Å². The molecular formula is C13H17ClN2O2. The summed E-state index contributed by atoms with van der Waals surface area (Å²) in [6.07, 6.45) is 0. The lowest BCUT2D eigenvalue weighted by atomic mass is 10.1. The highest BCUT2D eigenvalue weighted by molar-refractivity contribution is 6.31. The van der Waals surface area contributed by atoms with E-state index in [1.54, 1.807) is 0 Å². The average Bonchev–Trinajstić information content (AvgIpc) is 2.58. The number of nitrogens with zero attached hydrogens (tertiary/aromatic N) is 1. The molecule has 4 nitrogen and oxygen atoms in total. The molecule has 98 valence electrons. The Hall–Kier alpha value is -1.26. The van der Waals surface area contributed by atoms with E-state index in [1.165, 1.54) is 0 Å². The Bertz CT molecular complexity index is 451. The number of benzene rings is 1. The molecule has 1 fully saturated rings. The minimum Gasteiger partial charge on any atom is -0.481 e. The lowest BCUT2D eigenvalue weighted by molar-refractivity contribution is -0.141. The minimum atomic E-state index is -0.755. The summed E-state index contributed by atoms with van der Waals surface area (Å²) in [6.45, 7) is 4.58. The highest BCUT2D eigenvalue weighted by Gasteiger charge is 2.24. The number of rotatable bonds is 2. The van der Waals surface area contributed by atoms with Crippen molar-refractivity contribution in [1.29, 1.82) is 0 Å². The Balaban J connectivity index is 2.25. The molecule has 0 amide bonds. The number of carboxylic acids is 1. The molecule has 0 aromatic heterocycles. The fourth-order valence-electron chi connectivity index (χ4n) is 2.24.